The third-order valence-corrected chi connectivity index (χ3v) is 4.35. The normalized spacial score (nSPS) is 11.7. The summed E-state index contributed by atoms with van der Waals surface area (Å²) < 4.78 is 4.46. The van der Waals surface area contributed by atoms with Gasteiger partial charge in [-0.25, -0.2) is 0 Å². The molecule has 0 aliphatic rings. The molecule has 3 rings (SSSR count). The van der Waals surface area contributed by atoms with Crippen molar-refractivity contribution < 1.29 is 0 Å². The van der Waals surface area contributed by atoms with Crippen molar-refractivity contribution >= 4 is 27.4 Å². The summed E-state index contributed by atoms with van der Waals surface area (Å²) in [5.74, 6) is 0. The van der Waals surface area contributed by atoms with Crippen LogP contribution in [0.2, 0.25) is 0 Å². The first-order valence-electron chi connectivity index (χ1n) is 6.66. The Hall–Kier alpha value is -1.94. The molecular weight excluding hydrogens is 266 g/mol. The number of anilines is 1. The Morgan fingerprint density at radius 2 is 2.00 bits per heavy atom. The predicted octanol–water partition coefficient (Wildman–Crippen LogP) is 4.08. The monoisotopic (exact) mass is 283 g/mol. The molecule has 0 saturated carbocycles. The van der Waals surface area contributed by atoms with Gasteiger partial charge in [-0.2, -0.15) is 4.37 Å². The molecule has 0 aliphatic carbocycles. The highest BCUT2D eigenvalue weighted by atomic mass is 32.1. The molecule has 20 heavy (non-hydrogen) atoms. The molecule has 0 unspecified atom stereocenters. The van der Waals surface area contributed by atoms with Gasteiger partial charge in [0, 0.05) is 29.7 Å². The van der Waals surface area contributed by atoms with E-state index >= 15 is 0 Å². The number of aromatic nitrogens is 2. The number of pyridine rings is 1. The highest BCUT2D eigenvalue weighted by Crippen LogP contribution is 2.29. The van der Waals surface area contributed by atoms with Crippen LogP contribution in [-0.2, 0) is 5.41 Å². The maximum absolute atomic E-state index is 4.46. The van der Waals surface area contributed by atoms with Crippen molar-refractivity contribution in [3.63, 3.8) is 0 Å². The zero-order chi connectivity index (χ0) is 14.0. The molecule has 3 aromatic rings. The standard InChI is InChI=1S/C16H17N3S/c1-16(2,12-6-5-9-17-10-12)11-18-15-13-7-3-4-8-14(13)19-20-15/h3-10,18H,11H2,1-2H3. The summed E-state index contributed by atoms with van der Waals surface area (Å²) in [5.41, 5.74) is 2.32. The van der Waals surface area contributed by atoms with Gasteiger partial charge >= 0.3 is 0 Å². The van der Waals surface area contributed by atoms with E-state index in [1.807, 2.05) is 36.7 Å². The average Bonchev–Trinajstić information content (AvgIpc) is 2.89. The molecule has 0 fully saturated rings. The highest BCUT2D eigenvalue weighted by molar-refractivity contribution is 7.11. The minimum Gasteiger partial charge on any atom is -0.374 e. The van der Waals surface area contributed by atoms with E-state index in [4.69, 9.17) is 0 Å². The van der Waals surface area contributed by atoms with Gasteiger partial charge in [0.25, 0.3) is 0 Å². The molecule has 0 spiro atoms. The van der Waals surface area contributed by atoms with E-state index in [0.717, 1.165) is 17.1 Å². The van der Waals surface area contributed by atoms with E-state index in [-0.39, 0.29) is 5.41 Å². The van der Waals surface area contributed by atoms with Gasteiger partial charge in [-0.3, -0.25) is 4.98 Å². The van der Waals surface area contributed by atoms with E-state index in [1.165, 1.54) is 22.5 Å². The van der Waals surface area contributed by atoms with E-state index in [9.17, 15) is 0 Å². The van der Waals surface area contributed by atoms with Gasteiger partial charge in [-0.15, -0.1) is 0 Å². The number of fused-ring (bicyclic) bond motifs is 1. The van der Waals surface area contributed by atoms with Crippen LogP contribution in [0, 0.1) is 0 Å². The first-order chi connectivity index (χ1) is 9.67. The minimum absolute atomic E-state index is 0.0271. The molecule has 1 aromatic carbocycles. The molecule has 3 nitrogen and oxygen atoms in total. The van der Waals surface area contributed by atoms with Crippen LogP contribution in [0.1, 0.15) is 19.4 Å². The molecule has 0 amide bonds. The molecule has 102 valence electrons. The number of hydrogen-bond acceptors (Lipinski definition) is 4. The summed E-state index contributed by atoms with van der Waals surface area (Å²) in [6, 6.07) is 12.3. The van der Waals surface area contributed by atoms with Gasteiger partial charge in [0.1, 0.15) is 5.00 Å². The predicted molar refractivity (Wildman–Crippen MR) is 85.4 cm³/mol. The maximum atomic E-state index is 4.46. The van der Waals surface area contributed by atoms with Crippen LogP contribution in [0.15, 0.2) is 48.8 Å². The third kappa shape index (κ3) is 2.51. The summed E-state index contributed by atoms with van der Waals surface area (Å²) in [5, 5.41) is 5.87. The summed E-state index contributed by atoms with van der Waals surface area (Å²) in [7, 11) is 0. The lowest BCUT2D eigenvalue weighted by molar-refractivity contribution is 0.555. The number of nitrogens with zero attached hydrogens (tertiary/aromatic N) is 2. The molecular formula is C16H17N3S. The Balaban J connectivity index is 1.79. The molecule has 0 bridgehead atoms. The van der Waals surface area contributed by atoms with Crippen LogP contribution in [0.4, 0.5) is 5.00 Å². The summed E-state index contributed by atoms with van der Waals surface area (Å²) in [6.45, 7) is 5.30. The quantitative estimate of drug-likeness (QED) is 0.784. The lowest BCUT2D eigenvalue weighted by Gasteiger charge is -2.25. The zero-order valence-corrected chi connectivity index (χ0v) is 12.4. The van der Waals surface area contributed by atoms with Gasteiger partial charge in [0.05, 0.1) is 5.52 Å². The smallest absolute Gasteiger partial charge is 0.117 e. The second-order valence-corrected chi connectivity index (χ2v) is 6.28. The molecule has 1 N–H and O–H groups in total. The maximum Gasteiger partial charge on any atom is 0.117 e. The number of benzene rings is 1. The van der Waals surface area contributed by atoms with Gasteiger partial charge in [0.2, 0.25) is 0 Å². The van der Waals surface area contributed by atoms with E-state index < -0.39 is 0 Å². The van der Waals surface area contributed by atoms with Crippen LogP contribution in [0.3, 0.4) is 0 Å². The third-order valence-electron chi connectivity index (χ3n) is 3.52. The minimum atomic E-state index is 0.0271. The van der Waals surface area contributed by atoms with Crippen LogP contribution in [0.25, 0.3) is 10.9 Å². The second-order valence-electron chi connectivity index (χ2n) is 5.51. The molecule has 0 aliphatic heterocycles. The highest BCUT2D eigenvalue weighted by Gasteiger charge is 2.21. The molecule has 2 aromatic heterocycles. The first-order valence-corrected chi connectivity index (χ1v) is 7.43. The molecule has 4 heteroatoms. The van der Waals surface area contributed by atoms with Crippen LogP contribution in [0.5, 0.6) is 0 Å². The Kier molecular flexibility index (Phi) is 3.40. The van der Waals surface area contributed by atoms with Crippen molar-refractivity contribution in [2.75, 3.05) is 11.9 Å². The lowest BCUT2D eigenvalue weighted by atomic mass is 9.86. The Morgan fingerprint density at radius 3 is 2.80 bits per heavy atom. The van der Waals surface area contributed by atoms with Crippen LogP contribution in [-0.4, -0.2) is 15.9 Å². The van der Waals surface area contributed by atoms with Crippen LogP contribution >= 0.6 is 11.5 Å². The Morgan fingerprint density at radius 1 is 1.15 bits per heavy atom. The summed E-state index contributed by atoms with van der Waals surface area (Å²) in [4.78, 5) is 4.21. The molecule has 0 radical (unpaired) electrons. The van der Waals surface area contributed by atoms with Gasteiger partial charge in [-0.05, 0) is 35.3 Å². The lowest BCUT2D eigenvalue weighted by Crippen LogP contribution is -2.27. The van der Waals surface area contributed by atoms with Crippen molar-refractivity contribution in [3.8, 4) is 0 Å². The fourth-order valence-corrected chi connectivity index (χ4v) is 2.94. The Labute approximate surface area is 122 Å². The summed E-state index contributed by atoms with van der Waals surface area (Å²) >= 11 is 1.52. The summed E-state index contributed by atoms with van der Waals surface area (Å²) in [6.07, 6.45) is 3.75. The van der Waals surface area contributed by atoms with Gasteiger partial charge in [0.15, 0.2) is 0 Å². The number of hydrogen-bond donors (Lipinski definition) is 1. The topological polar surface area (TPSA) is 37.8 Å². The largest absolute Gasteiger partial charge is 0.374 e. The molecule has 0 atom stereocenters. The zero-order valence-electron chi connectivity index (χ0n) is 11.6. The van der Waals surface area contributed by atoms with Crippen molar-refractivity contribution in [1.29, 1.82) is 0 Å². The van der Waals surface area contributed by atoms with E-state index in [2.05, 4.69) is 40.7 Å². The van der Waals surface area contributed by atoms with Crippen molar-refractivity contribution in [3.05, 3.63) is 54.4 Å². The number of rotatable bonds is 4. The van der Waals surface area contributed by atoms with Crippen molar-refractivity contribution in [2.24, 2.45) is 0 Å². The van der Waals surface area contributed by atoms with Crippen molar-refractivity contribution in [2.45, 2.75) is 19.3 Å². The second kappa shape index (κ2) is 5.21. The number of nitrogens with one attached hydrogen (secondary N) is 1. The van der Waals surface area contributed by atoms with E-state index in [1.54, 1.807) is 0 Å². The van der Waals surface area contributed by atoms with Gasteiger partial charge in [-0.1, -0.05) is 32.0 Å². The van der Waals surface area contributed by atoms with Crippen LogP contribution < -0.4 is 5.32 Å². The fraction of sp³-hybridized carbons (Fsp3) is 0.250. The molecule has 0 saturated heterocycles. The van der Waals surface area contributed by atoms with Crippen molar-refractivity contribution in [1.82, 2.24) is 9.36 Å². The Bertz CT molecular complexity index is 704. The van der Waals surface area contributed by atoms with E-state index in [0.29, 0.717) is 0 Å². The first kappa shape index (κ1) is 13.1. The van der Waals surface area contributed by atoms with Gasteiger partial charge < -0.3 is 5.32 Å². The SMILES string of the molecule is CC(C)(CNc1snc2ccccc12)c1cccnc1. The fourth-order valence-electron chi connectivity index (χ4n) is 2.18. The molecule has 2 heterocycles. The average molecular weight is 283 g/mol.